The van der Waals surface area contributed by atoms with Gasteiger partial charge in [0.05, 0.1) is 5.02 Å². The molecular formula is C14H17Cl2NO5. The largest absolute Gasteiger partial charge is 0.506 e. The highest BCUT2D eigenvalue weighted by Crippen LogP contribution is 2.27. The molecule has 1 aromatic carbocycles. The molecule has 0 aromatic heterocycles. The highest BCUT2D eigenvalue weighted by atomic mass is 35.5. The average molecular weight is 350 g/mol. The number of carboxylic acid groups (broad SMARTS) is 1. The van der Waals surface area contributed by atoms with Gasteiger partial charge in [-0.3, -0.25) is 5.32 Å². The Morgan fingerprint density at radius 3 is 2.36 bits per heavy atom. The van der Waals surface area contributed by atoms with Gasteiger partial charge in [0.25, 0.3) is 0 Å². The number of phenols is 1. The molecule has 0 aliphatic rings. The standard InChI is InChI=1S/C14H17Cl2NO5/c1-13(2,3)22-12(21)17-14(16,11(19)20)7-8-4-5-10(18)9(15)6-8/h4-6,18H,7H2,1-3H3,(H,17,21)(H,19,20). The molecule has 0 spiro atoms. The number of benzene rings is 1. The summed E-state index contributed by atoms with van der Waals surface area (Å²) in [6, 6.07) is 4.14. The Labute approximate surface area is 138 Å². The molecule has 0 aliphatic heterocycles. The van der Waals surface area contributed by atoms with E-state index in [1.807, 2.05) is 0 Å². The molecule has 1 amide bonds. The van der Waals surface area contributed by atoms with Crippen LogP contribution in [0.25, 0.3) is 0 Å². The second-order valence-electron chi connectivity index (χ2n) is 5.70. The van der Waals surface area contributed by atoms with Crippen LogP contribution in [0.5, 0.6) is 5.75 Å². The molecule has 0 fully saturated rings. The fourth-order valence-electron chi connectivity index (χ4n) is 1.58. The van der Waals surface area contributed by atoms with Gasteiger partial charge < -0.3 is 14.9 Å². The fraction of sp³-hybridized carbons (Fsp3) is 0.429. The summed E-state index contributed by atoms with van der Waals surface area (Å²) in [6.45, 7) is 4.93. The van der Waals surface area contributed by atoms with Crippen LogP contribution in [0.15, 0.2) is 18.2 Å². The highest BCUT2D eigenvalue weighted by Gasteiger charge is 2.39. The summed E-state index contributed by atoms with van der Waals surface area (Å²) in [4.78, 5) is 21.0. The van der Waals surface area contributed by atoms with Gasteiger partial charge in [-0.2, -0.15) is 0 Å². The van der Waals surface area contributed by atoms with Crippen LogP contribution < -0.4 is 5.32 Å². The Morgan fingerprint density at radius 2 is 1.91 bits per heavy atom. The van der Waals surface area contributed by atoms with Crippen LogP contribution in [0.4, 0.5) is 4.79 Å². The molecule has 122 valence electrons. The number of hydrogen-bond donors (Lipinski definition) is 3. The second kappa shape index (κ2) is 6.62. The molecule has 1 aromatic rings. The number of ether oxygens (including phenoxy) is 1. The lowest BCUT2D eigenvalue weighted by Gasteiger charge is -2.26. The van der Waals surface area contributed by atoms with Crippen molar-refractivity contribution in [3.05, 3.63) is 28.8 Å². The van der Waals surface area contributed by atoms with E-state index >= 15 is 0 Å². The van der Waals surface area contributed by atoms with E-state index in [4.69, 9.17) is 27.9 Å². The van der Waals surface area contributed by atoms with E-state index in [-0.39, 0.29) is 17.2 Å². The van der Waals surface area contributed by atoms with Crippen LogP contribution in [0, 0.1) is 0 Å². The number of alkyl carbamates (subject to hydrolysis) is 1. The van der Waals surface area contributed by atoms with Crippen molar-refractivity contribution in [3.63, 3.8) is 0 Å². The minimum atomic E-state index is -2.09. The summed E-state index contributed by atoms with van der Waals surface area (Å²) in [5.74, 6) is -1.58. The van der Waals surface area contributed by atoms with E-state index in [0.717, 1.165) is 0 Å². The third-order valence-corrected chi connectivity index (χ3v) is 3.19. The van der Waals surface area contributed by atoms with Gasteiger partial charge in [0, 0.05) is 6.42 Å². The number of hydrogen-bond acceptors (Lipinski definition) is 4. The van der Waals surface area contributed by atoms with Gasteiger partial charge in [-0.1, -0.05) is 29.3 Å². The molecule has 1 rings (SSSR count). The monoisotopic (exact) mass is 349 g/mol. The minimum absolute atomic E-state index is 0.0548. The van der Waals surface area contributed by atoms with Gasteiger partial charge >= 0.3 is 12.1 Å². The normalized spacial score (nSPS) is 14.0. The average Bonchev–Trinajstić information content (AvgIpc) is 2.31. The van der Waals surface area contributed by atoms with Crippen molar-refractivity contribution in [1.29, 1.82) is 0 Å². The number of amides is 1. The zero-order valence-corrected chi connectivity index (χ0v) is 13.8. The number of carbonyl (C=O) groups is 2. The molecule has 1 atom stereocenters. The van der Waals surface area contributed by atoms with Crippen molar-refractivity contribution in [3.8, 4) is 5.75 Å². The number of carbonyl (C=O) groups excluding carboxylic acids is 1. The smallest absolute Gasteiger partial charge is 0.409 e. The minimum Gasteiger partial charge on any atom is -0.506 e. The summed E-state index contributed by atoms with van der Waals surface area (Å²) in [5, 5.41) is 20.8. The van der Waals surface area contributed by atoms with Gasteiger partial charge in [-0.05, 0) is 38.5 Å². The molecule has 6 nitrogen and oxygen atoms in total. The van der Waals surface area contributed by atoms with Gasteiger partial charge in [0.2, 0.25) is 5.00 Å². The van der Waals surface area contributed by atoms with Crippen molar-refractivity contribution < 1.29 is 24.5 Å². The number of halogens is 2. The first-order chi connectivity index (χ1) is 9.93. The maximum absolute atomic E-state index is 11.7. The van der Waals surface area contributed by atoms with Gasteiger partial charge in [-0.15, -0.1) is 0 Å². The van der Waals surface area contributed by atoms with Crippen LogP contribution in [-0.2, 0) is 16.0 Å². The summed E-state index contributed by atoms with van der Waals surface area (Å²) in [5.41, 5.74) is -0.362. The third-order valence-electron chi connectivity index (χ3n) is 2.50. The number of phenolic OH excluding ortho intramolecular Hbond substituents is 1. The number of aliphatic carboxylic acids is 1. The summed E-state index contributed by atoms with van der Waals surface area (Å²) < 4.78 is 5.00. The molecule has 0 aliphatic carbocycles. The van der Waals surface area contributed by atoms with Crippen molar-refractivity contribution in [2.75, 3.05) is 0 Å². The molecule has 0 saturated heterocycles. The fourth-order valence-corrected chi connectivity index (χ4v) is 2.01. The van der Waals surface area contributed by atoms with Crippen LogP contribution in [-0.4, -0.2) is 32.9 Å². The Balaban J connectivity index is 2.93. The quantitative estimate of drug-likeness (QED) is 0.573. The molecule has 0 bridgehead atoms. The van der Waals surface area contributed by atoms with E-state index in [9.17, 15) is 19.8 Å². The van der Waals surface area contributed by atoms with Crippen molar-refractivity contribution in [2.45, 2.75) is 37.8 Å². The van der Waals surface area contributed by atoms with Gasteiger partial charge in [-0.25, -0.2) is 9.59 Å². The van der Waals surface area contributed by atoms with E-state index < -0.39 is 22.7 Å². The van der Waals surface area contributed by atoms with Gasteiger partial charge in [0.1, 0.15) is 11.4 Å². The molecule has 0 radical (unpaired) electrons. The molecule has 3 N–H and O–H groups in total. The zero-order valence-electron chi connectivity index (χ0n) is 12.3. The Bertz CT molecular complexity index is 585. The molecule has 0 saturated carbocycles. The predicted octanol–water partition coefficient (Wildman–Crippen LogP) is 3.13. The predicted molar refractivity (Wildman–Crippen MR) is 82.4 cm³/mol. The van der Waals surface area contributed by atoms with E-state index in [1.165, 1.54) is 18.2 Å². The van der Waals surface area contributed by atoms with Crippen LogP contribution in [0.1, 0.15) is 26.3 Å². The lowest BCUT2D eigenvalue weighted by atomic mass is 10.1. The molecular weight excluding hydrogens is 333 g/mol. The summed E-state index contributed by atoms with van der Waals surface area (Å²) in [6.07, 6.45) is -1.20. The lowest BCUT2D eigenvalue weighted by molar-refractivity contribution is -0.141. The topological polar surface area (TPSA) is 95.9 Å². The van der Waals surface area contributed by atoms with E-state index in [2.05, 4.69) is 5.32 Å². The summed E-state index contributed by atoms with van der Waals surface area (Å²) >= 11 is 11.8. The zero-order chi connectivity index (χ0) is 17.1. The van der Waals surface area contributed by atoms with E-state index in [0.29, 0.717) is 5.56 Å². The van der Waals surface area contributed by atoms with Crippen LogP contribution >= 0.6 is 23.2 Å². The van der Waals surface area contributed by atoms with Crippen LogP contribution in [0.2, 0.25) is 5.02 Å². The first-order valence-electron chi connectivity index (χ1n) is 6.34. The molecule has 0 heterocycles. The Kier molecular flexibility index (Phi) is 5.54. The van der Waals surface area contributed by atoms with Gasteiger partial charge in [0.15, 0.2) is 0 Å². The molecule has 22 heavy (non-hydrogen) atoms. The first kappa shape index (κ1) is 18.4. The Morgan fingerprint density at radius 1 is 1.32 bits per heavy atom. The maximum Gasteiger partial charge on any atom is 0.409 e. The highest BCUT2D eigenvalue weighted by molar-refractivity contribution is 6.34. The number of rotatable bonds is 4. The second-order valence-corrected chi connectivity index (χ2v) is 6.75. The van der Waals surface area contributed by atoms with Crippen molar-refractivity contribution >= 4 is 35.3 Å². The first-order valence-corrected chi connectivity index (χ1v) is 7.09. The van der Waals surface area contributed by atoms with Crippen molar-refractivity contribution in [1.82, 2.24) is 5.32 Å². The van der Waals surface area contributed by atoms with E-state index in [1.54, 1.807) is 20.8 Å². The number of alkyl halides is 1. The summed E-state index contributed by atoms with van der Waals surface area (Å²) in [7, 11) is 0. The number of nitrogens with one attached hydrogen (secondary N) is 1. The van der Waals surface area contributed by atoms with Crippen molar-refractivity contribution in [2.24, 2.45) is 0 Å². The molecule has 1 unspecified atom stereocenters. The maximum atomic E-state index is 11.7. The number of aromatic hydroxyl groups is 1. The lowest BCUT2D eigenvalue weighted by Crippen LogP contribution is -2.53. The third kappa shape index (κ3) is 5.27. The SMILES string of the molecule is CC(C)(C)OC(=O)NC(Cl)(Cc1ccc(O)c(Cl)c1)C(=O)O. The Hall–Kier alpha value is -1.66. The number of carboxylic acids is 1. The van der Waals surface area contributed by atoms with Crippen LogP contribution in [0.3, 0.4) is 0 Å². The molecule has 8 heteroatoms.